The summed E-state index contributed by atoms with van der Waals surface area (Å²) in [5, 5.41) is 2.11. The summed E-state index contributed by atoms with van der Waals surface area (Å²) in [5.74, 6) is 0. The number of rotatable bonds is 4. The molecule has 0 saturated carbocycles. The lowest BCUT2D eigenvalue weighted by molar-refractivity contribution is 0.0689. The Kier molecular flexibility index (Phi) is 3.41. The first-order chi connectivity index (χ1) is 7.16. The van der Waals surface area contributed by atoms with E-state index in [0.717, 1.165) is 0 Å². The number of hydrogen-bond donors (Lipinski definition) is 1. The summed E-state index contributed by atoms with van der Waals surface area (Å²) in [5.41, 5.74) is 6.06. The topological polar surface area (TPSA) is 35.2 Å². The Balaban J connectivity index is 2.06. The fourth-order valence-corrected chi connectivity index (χ4v) is 3.45. The Morgan fingerprint density at radius 2 is 2.20 bits per heavy atom. The van der Waals surface area contributed by atoms with E-state index >= 15 is 0 Å². The summed E-state index contributed by atoms with van der Waals surface area (Å²) in [6, 6.07) is 4.33. The van der Waals surface area contributed by atoms with Gasteiger partial charge in [-0.1, -0.05) is 0 Å². The van der Waals surface area contributed by atoms with Crippen molar-refractivity contribution in [2.45, 2.75) is 26.0 Å². The monoisotopic (exact) mass is 241 g/mol. The van der Waals surface area contributed by atoms with Crippen molar-refractivity contribution in [3.8, 4) is 0 Å². The molecule has 0 fully saturated rings. The van der Waals surface area contributed by atoms with Gasteiger partial charge in [0.15, 0.2) is 0 Å². The predicted octanol–water partition coefficient (Wildman–Crippen LogP) is 3.39. The highest BCUT2D eigenvalue weighted by Gasteiger charge is 2.11. The van der Waals surface area contributed by atoms with Gasteiger partial charge in [0.1, 0.15) is 0 Å². The van der Waals surface area contributed by atoms with Gasteiger partial charge in [0.2, 0.25) is 0 Å². The lowest BCUT2D eigenvalue weighted by Crippen LogP contribution is -2.18. The van der Waals surface area contributed by atoms with Crippen LogP contribution >= 0.6 is 22.7 Å². The Bertz CT molecular complexity index is 404. The van der Waals surface area contributed by atoms with Gasteiger partial charge >= 0.3 is 0 Å². The third-order valence-electron chi connectivity index (χ3n) is 2.13. The number of fused-ring (bicyclic) bond motifs is 1. The van der Waals surface area contributed by atoms with Crippen LogP contribution in [0, 0.1) is 0 Å². The highest BCUT2D eigenvalue weighted by molar-refractivity contribution is 7.26. The summed E-state index contributed by atoms with van der Waals surface area (Å²) < 4.78 is 8.17. The van der Waals surface area contributed by atoms with Crippen molar-refractivity contribution in [1.82, 2.24) is 0 Å². The second-order valence-electron chi connectivity index (χ2n) is 3.79. The van der Waals surface area contributed by atoms with Crippen LogP contribution in [0.15, 0.2) is 17.5 Å². The molecule has 0 aliphatic heterocycles. The van der Waals surface area contributed by atoms with Crippen LogP contribution in [-0.2, 0) is 4.74 Å². The average Bonchev–Trinajstić information content (AvgIpc) is 2.72. The van der Waals surface area contributed by atoms with Gasteiger partial charge in [-0.15, -0.1) is 22.7 Å². The third-order valence-corrected chi connectivity index (χ3v) is 4.36. The zero-order valence-electron chi connectivity index (χ0n) is 8.90. The van der Waals surface area contributed by atoms with Crippen molar-refractivity contribution in [2.75, 3.05) is 6.61 Å². The number of nitrogens with two attached hydrogens (primary N) is 1. The minimum absolute atomic E-state index is 0.0111. The Morgan fingerprint density at radius 1 is 1.40 bits per heavy atom. The first-order valence-electron chi connectivity index (χ1n) is 5.01. The van der Waals surface area contributed by atoms with E-state index in [-0.39, 0.29) is 12.1 Å². The molecule has 4 heteroatoms. The van der Waals surface area contributed by atoms with Gasteiger partial charge in [-0.2, -0.15) is 0 Å². The summed E-state index contributed by atoms with van der Waals surface area (Å²) in [6.07, 6.45) is 0.247. The number of hydrogen-bond acceptors (Lipinski definition) is 4. The summed E-state index contributed by atoms with van der Waals surface area (Å²) in [6.45, 7) is 4.66. The molecule has 2 heterocycles. The lowest BCUT2D eigenvalue weighted by atomic mass is 10.3. The standard InChI is InChI=1S/C11H15NOS2/c1-7(2)13-6-8(12)10-5-11-9(15-10)3-4-14-11/h3-5,7-8H,6,12H2,1-2H3. The SMILES string of the molecule is CC(C)OCC(N)c1cc2sccc2s1. The molecule has 82 valence electrons. The molecule has 2 rings (SSSR count). The van der Waals surface area contributed by atoms with Gasteiger partial charge < -0.3 is 10.5 Å². The van der Waals surface area contributed by atoms with Crippen LogP contribution in [-0.4, -0.2) is 12.7 Å². The minimum atomic E-state index is 0.0111. The Morgan fingerprint density at radius 3 is 2.87 bits per heavy atom. The Labute approximate surface area is 97.7 Å². The lowest BCUT2D eigenvalue weighted by Gasteiger charge is -2.12. The van der Waals surface area contributed by atoms with Crippen LogP contribution in [0.25, 0.3) is 9.40 Å². The van der Waals surface area contributed by atoms with Crippen LogP contribution < -0.4 is 5.73 Å². The van der Waals surface area contributed by atoms with E-state index in [1.54, 1.807) is 22.7 Å². The molecule has 0 spiro atoms. The predicted molar refractivity (Wildman–Crippen MR) is 67.7 cm³/mol. The molecule has 2 N–H and O–H groups in total. The van der Waals surface area contributed by atoms with E-state index in [9.17, 15) is 0 Å². The number of thiophene rings is 2. The second-order valence-corrected chi connectivity index (χ2v) is 5.85. The van der Waals surface area contributed by atoms with Gasteiger partial charge in [-0.05, 0) is 31.4 Å². The summed E-state index contributed by atoms with van der Waals surface area (Å²) in [7, 11) is 0. The fraction of sp³-hybridized carbons (Fsp3) is 0.455. The summed E-state index contributed by atoms with van der Waals surface area (Å²) >= 11 is 3.53. The molecule has 0 bridgehead atoms. The van der Waals surface area contributed by atoms with Gasteiger partial charge in [0, 0.05) is 14.3 Å². The van der Waals surface area contributed by atoms with Gasteiger partial charge in [-0.25, -0.2) is 0 Å². The second kappa shape index (κ2) is 4.61. The first kappa shape index (κ1) is 11.1. The molecule has 2 aromatic heterocycles. The van der Waals surface area contributed by atoms with Crippen molar-refractivity contribution in [3.63, 3.8) is 0 Å². The average molecular weight is 241 g/mol. The first-order valence-corrected chi connectivity index (χ1v) is 6.70. The van der Waals surface area contributed by atoms with Crippen molar-refractivity contribution in [2.24, 2.45) is 5.73 Å². The molecule has 0 aliphatic carbocycles. The maximum Gasteiger partial charge on any atom is 0.0670 e. The smallest absolute Gasteiger partial charge is 0.0670 e. The van der Waals surface area contributed by atoms with Crippen molar-refractivity contribution >= 4 is 32.1 Å². The molecule has 2 aromatic rings. The summed E-state index contributed by atoms with van der Waals surface area (Å²) in [4.78, 5) is 1.22. The van der Waals surface area contributed by atoms with Crippen LogP contribution in [0.5, 0.6) is 0 Å². The quantitative estimate of drug-likeness (QED) is 0.890. The molecule has 0 aromatic carbocycles. The molecule has 1 unspecified atom stereocenters. The van der Waals surface area contributed by atoms with Crippen molar-refractivity contribution in [1.29, 1.82) is 0 Å². The van der Waals surface area contributed by atoms with Crippen LogP contribution in [0.1, 0.15) is 24.8 Å². The highest BCUT2D eigenvalue weighted by atomic mass is 32.1. The maximum atomic E-state index is 6.06. The highest BCUT2D eigenvalue weighted by Crippen LogP contribution is 2.32. The maximum absolute atomic E-state index is 6.06. The minimum Gasteiger partial charge on any atom is -0.377 e. The normalized spacial score (nSPS) is 13.9. The molecule has 1 atom stereocenters. The molecule has 2 nitrogen and oxygen atoms in total. The molecule has 0 amide bonds. The van der Waals surface area contributed by atoms with E-state index in [1.807, 2.05) is 13.8 Å². The molecule has 0 saturated heterocycles. The number of ether oxygens (including phenoxy) is 1. The van der Waals surface area contributed by atoms with Crippen LogP contribution in [0.4, 0.5) is 0 Å². The van der Waals surface area contributed by atoms with Crippen molar-refractivity contribution in [3.05, 3.63) is 22.4 Å². The fourth-order valence-electron chi connectivity index (χ4n) is 1.35. The van der Waals surface area contributed by atoms with Crippen molar-refractivity contribution < 1.29 is 4.74 Å². The van der Waals surface area contributed by atoms with E-state index in [1.165, 1.54) is 14.3 Å². The molecular weight excluding hydrogens is 226 g/mol. The van der Waals surface area contributed by atoms with Gasteiger partial charge in [-0.3, -0.25) is 0 Å². The molecule has 0 aliphatic rings. The molecular formula is C11H15NOS2. The van der Waals surface area contributed by atoms with Gasteiger partial charge in [0.05, 0.1) is 18.8 Å². The van der Waals surface area contributed by atoms with Gasteiger partial charge in [0.25, 0.3) is 0 Å². The van der Waals surface area contributed by atoms with Crippen LogP contribution in [0.3, 0.4) is 0 Å². The van der Waals surface area contributed by atoms with E-state index < -0.39 is 0 Å². The van der Waals surface area contributed by atoms with Crippen LogP contribution in [0.2, 0.25) is 0 Å². The zero-order valence-corrected chi connectivity index (χ0v) is 10.5. The van der Waals surface area contributed by atoms with E-state index in [2.05, 4.69) is 17.5 Å². The largest absolute Gasteiger partial charge is 0.377 e. The molecule has 15 heavy (non-hydrogen) atoms. The Hall–Kier alpha value is -0.420. The van der Waals surface area contributed by atoms with E-state index in [4.69, 9.17) is 10.5 Å². The zero-order chi connectivity index (χ0) is 10.8. The molecule has 0 radical (unpaired) electrons. The van der Waals surface area contributed by atoms with E-state index in [0.29, 0.717) is 6.61 Å². The third kappa shape index (κ3) is 2.58.